The van der Waals surface area contributed by atoms with Gasteiger partial charge in [0.25, 0.3) is 0 Å². The third kappa shape index (κ3) is 1.48. The van der Waals surface area contributed by atoms with E-state index in [0.717, 1.165) is 5.56 Å². The lowest BCUT2D eigenvalue weighted by molar-refractivity contribution is 0.626. The Morgan fingerprint density at radius 1 is 1.43 bits per heavy atom. The van der Waals surface area contributed by atoms with Gasteiger partial charge in [0, 0.05) is 0 Å². The van der Waals surface area contributed by atoms with Crippen LogP contribution in [0, 0.1) is 12.7 Å². The molecule has 1 heterocycles. The quantitative estimate of drug-likeness (QED) is 0.725. The predicted octanol–water partition coefficient (Wildman–Crippen LogP) is 2.37. The largest absolute Gasteiger partial charge is 0.272 e. The molecular formula is C9H7ClFN3. The number of aromatic nitrogens is 3. The van der Waals surface area contributed by atoms with Crippen molar-refractivity contribution in [2.24, 2.45) is 0 Å². The SMILES string of the molecule is Cc1ccc(F)cc1-n1cnnc1Cl. The zero-order valence-corrected chi connectivity index (χ0v) is 8.16. The highest BCUT2D eigenvalue weighted by Gasteiger charge is 2.06. The first-order chi connectivity index (χ1) is 6.68. The Labute approximate surface area is 85.1 Å². The lowest BCUT2D eigenvalue weighted by Gasteiger charge is -2.06. The second-order valence-corrected chi connectivity index (χ2v) is 3.24. The van der Waals surface area contributed by atoms with Crippen molar-refractivity contribution in [3.63, 3.8) is 0 Å². The van der Waals surface area contributed by atoms with Gasteiger partial charge in [0.1, 0.15) is 12.1 Å². The summed E-state index contributed by atoms with van der Waals surface area (Å²) in [6.07, 6.45) is 1.45. The highest BCUT2D eigenvalue weighted by molar-refractivity contribution is 6.28. The van der Waals surface area contributed by atoms with E-state index in [2.05, 4.69) is 10.2 Å². The molecule has 0 saturated heterocycles. The van der Waals surface area contributed by atoms with Crippen molar-refractivity contribution in [1.82, 2.24) is 14.8 Å². The van der Waals surface area contributed by atoms with E-state index in [1.165, 1.54) is 23.0 Å². The van der Waals surface area contributed by atoms with Crippen LogP contribution in [0.5, 0.6) is 0 Å². The molecule has 0 radical (unpaired) electrons. The lowest BCUT2D eigenvalue weighted by atomic mass is 10.2. The van der Waals surface area contributed by atoms with Crippen LogP contribution in [-0.2, 0) is 0 Å². The van der Waals surface area contributed by atoms with Gasteiger partial charge in [-0.05, 0) is 36.2 Å². The van der Waals surface area contributed by atoms with Crippen molar-refractivity contribution >= 4 is 11.6 Å². The number of hydrogen-bond donors (Lipinski definition) is 0. The van der Waals surface area contributed by atoms with Gasteiger partial charge < -0.3 is 0 Å². The highest BCUT2D eigenvalue weighted by Crippen LogP contribution is 2.18. The Morgan fingerprint density at radius 2 is 2.21 bits per heavy atom. The minimum Gasteiger partial charge on any atom is -0.272 e. The summed E-state index contributed by atoms with van der Waals surface area (Å²) in [7, 11) is 0. The topological polar surface area (TPSA) is 30.7 Å². The van der Waals surface area contributed by atoms with E-state index in [4.69, 9.17) is 11.6 Å². The van der Waals surface area contributed by atoms with Gasteiger partial charge in [0.15, 0.2) is 0 Å². The van der Waals surface area contributed by atoms with Crippen molar-refractivity contribution in [3.05, 3.63) is 41.2 Å². The van der Waals surface area contributed by atoms with Crippen LogP contribution in [0.2, 0.25) is 5.28 Å². The van der Waals surface area contributed by atoms with Crippen LogP contribution in [0.25, 0.3) is 5.69 Å². The van der Waals surface area contributed by atoms with Crippen LogP contribution in [0.15, 0.2) is 24.5 Å². The standard InChI is InChI=1S/C9H7ClFN3/c1-6-2-3-7(11)4-8(6)14-5-12-13-9(14)10/h2-5H,1H3. The Kier molecular flexibility index (Phi) is 2.21. The normalized spacial score (nSPS) is 10.5. The van der Waals surface area contributed by atoms with Gasteiger partial charge in [-0.25, -0.2) is 4.39 Å². The molecule has 14 heavy (non-hydrogen) atoms. The number of rotatable bonds is 1. The number of aryl methyl sites for hydroxylation is 1. The van der Waals surface area contributed by atoms with Crippen molar-refractivity contribution in [2.45, 2.75) is 6.92 Å². The molecule has 0 saturated carbocycles. The first kappa shape index (κ1) is 9.15. The summed E-state index contributed by atoms with van der Waals surface area (Å²) in [5.41, 5.74) is 1.56. The highest BCUT2D eigenvalue weighted by atomic mass is 35.5. The summed E-state index contributed by atoms with van der Waals surface area (Å²) in [4.78, 5) is 0. The van der Waals surface area contributed by atoms with Crippen LogP contribution in [0.3, 0.4) is 0 Å². The summed E-state index contributed by atoms with van der Waals surface area (Å²) < 4.78 is 14.5. The lowest BCUT2D eigenvalue weighted by Crippen LogP contribution is -1.96. The minimum absolute atomic E-state index is 0.221. The summed E-state index contributed by atoms with van der Waals surface area (Å²) in [6, 6.07) is 4.47. The smallest absolute Gasteiger partial charge is 0.229 e. The van der Waals surface area contributed by atoms with Gasteiger partial charge in [-0.2, -0.15) is 0 Å². The molecule has 0 aliphatic heterocycles. The van der Waals surface area contributed by atoms with Gasteiger partial charge in [0.2, 0.25) is 5.28 Å². The molecule has 1 aromatic carbocycles. The van der Waals surface area contributed by atoms with Crippen LogP contribution >= 0.6 is 11.6 Å². The molecule has 0 aliphatic carbocycles. The maximum absolute atomic E-state index is 13.0. The fraction of sp³-hybridized carbons (Fsp3) is 0.111. The molecule has 5 heteroatoms. The number of nitrogens with zero attached hydrogens (tertiary/aromatic N) is 3. The Hall–Kier alpha value is -1.42. The van der Waals surface area contributed by atoms with E-state index in [1.54, 1.807) is 6.07 Å². The predicted molar refractivity (Wildman–Crippen MR) is 51.1 cm³/mol. The number of benzene rings is 1. The average molecular weight is 212 g/mol. The van der Waals surface area contributed by atoms with Gasteiger partial charge in [-0.15, -0.1) is 10.2 Å². The first-order valence-electron chi connectivity index (χ1n) is 4.00. The third-order valence-electron chi connectivity index (χ3n) is 1.94. The van der Waals surface area contributed by atoms with E-state index >= 15 is 0 Å². The van der Waals surface area contributed by atoms with Crippen LogP contribution in [0.4, 0.5) is 4.39 Å². The monoisotopic (exact) mass is 211 g/mol. The molecule has 2 rings (SSSR count). The Bertz CT molecular complexity index is 467. The summed E-state index contributed by atoms with van der Waals surface area (Å²) in [5, 5.41) is 7.47. The average Bonchev–Trinajstić information content (AvgIpc) is 2.56. The molecule has 0 aliphatic rings. The maximum Gasteiger partial charge on any atom is 0.229 e. The van der Waals surface area contributed by atoms with Crippen molar-refractivity contribution in [3.8, 4) is 5.69 Å². The molecule has 1 aromatic heterocycles. The molecule has 72 valence electrons. The fourth-order valence-corrected chi connectivity index (χ4v) is 1.40. The van der Waals surface area contributed by atoms with E-state index in [-0.39, 0.29) is 11.1 Å². The molecule has 0 bridgehead atoms. The van der Waals surface area contributed by atoms with Crippen molar-refractivity contribution < 1.29 is 4.39 Å². The van der Waals surface area contributed by atoms with Gasteiger partial charge in [-0.3, -0.25) is 4.57 Å². The Morgan fingerprint density at radius 3 is 2.86 bits per heavy atom. The van der Waals surface area contributed by atoms with Crippen LogP contribution < -0.4 is 0 Å². The first-order valence-corrected chi connectivity index (χ1v) is 4.38. The zero-order chi connectivity index (χ0) is 10.1. The van der Waals surface area contributed by atoms with Crippen molar-refractivity contribution in [1.29, 1.82) is 0 Å². The number of hydrogen-bond acceptors (Lipinski definition) is 2. The molecule has 0 atom stereocenters. The molecule has 0 fully saturated rings. The van der Waals surface area contributed by atoms with E-state index in [1.807, 2.05) is 6.92 Å². The fourth-order valence-electron chi connectivity index (χ4n) is 1.22. The van der Waals surface area contributed by atoms with E-state index < -0.39 is 0 Å². The molecule has 0 N–H and O–H groups in total. The van der Waals surface area contributed by atoms with Gasteiger partial charge >= 0.3 is 0 Å². The molecule has 0 spiro atoms. The molecule has 0 amide bonds. The number of halogens is 2. The molecular weight excluding hydrogens is 205 g/mol. The molecule has 3 nitrogen and oxygen atoms in total. The van der Waals surface area contributed by atoms with E-state index in [0.29, 0.717) is 5.69 Å². The second kappa shape index (κ2) is 3.38. The Balaban J connectivity index is 2.62. The summed E-state index contributed by atoms with van der Waals surface area (Å²) in [5.74, 6) is -0.310. The van der Waals surface area contributed by atoms with Gasteiger partial charge in [-0.1, -0.05) is 6.07 Å². The third-order valence-corrected chi connectivity index (χ3v) is 2.19. The van der Waals surface area contributed by atoms with E-state index in [9.17, 15) is 4.39 Å². The molecule has 2 aromatic rings. The van der Waals surface area contributed by atoms with Crippen molar-refractivity contribution in [2.75, 3.05) is 0 Å². The maximum atomic E-state index is 13.0. The molecule has 0 unspecified atom stereocenters. The van der Waals surface area contributed by atoms with Crippen LogP contribution in [-0.4, -0.2) is 14.8 Å². The zero-order valence-electron chi connectivity index (χ0n) is 7.41. The summed E-state index contributed by atoms with van der Waals surface area (Å²) >= 11 is 5.77. The second-order valence-electron chi connectivity index (χ2n) is 2.90. The summed E-state index contributed by atoms with van der Waals surface area (Å²) in [6.45, 7) is 1.87. The minimum atomic E-state index is -0.310. The van der Waals surface area contributed by atoms with Crippen LogP contribution in [0.1, 0.15) is 5.56 Å². The van der Waals surface area contributed by atoms with Gasteiger partial charge in [0.05, 0.1) is 5.69 Å².